The predicted molar refractivity (Wildman–Crippen MR) is 252 cm³/mol. The molecule has 2 nitrogen and oxygen atoms in total. The van der Waals surface area contributed by atoms with Gasteiger partial charge in [-0.1, -0.05) is 133 Å². The standard InChI is InChI=1S/C54H32N2S2/c1-2-10-33(11-3-1)34-20-23-36(24-21-34)55(37-26-29-50-47(31-37)41-13-5-7-19-49(41)57-50)38-25-28-43-42-27-22-35(30-51(42)58-52(43)32-38)39-14-8-16-45-46-17-9-15-44-40-12-4-6-18-48(40)56(53(39)45)54(44)46/h1-32H. The van der Waals surface area contributed by atoms with E-state index in [1.807, 2.05) is 22.7 Å². The molecule has 13 aromatic rings. The Labute approximate surface area is 342 Å². The van der Waals surface area contributed by atoms with E-state index in [0.29, 0.717) is 0 Å². The van der Waals surface area contributed by atoms with Crippen molar-refractivity contribution >= 4 is 118 Å². The Kier molecular flexibility index (Phi) is 6.79. The highest BCUT2D eigenvalue weighted by atomic mass is 32.1. The molecule has 13 rings (SSSR count). The van der Waals surface area contributed by atoms with Crippen molar-refractivity contribution in [1.29, 1.82) is 0 Å². The molecule has 0 aliphatic rings. The van der Waals surface area contributed by atoms with E-state index in [0.717, 1.165) is 17.1 Å². The molecule has 9 aromatic carbocycles. The van der Waals surface area contributed by atoms with Crippen molar-refractivity contribution in [2.45, 2.75) is 0 Å². The normalized spacial score (nSPS) is 12.1. The maximum absolute atomic E-state index is 2.50. The maximum Gasteiger partial charge on any atom is 0.0620 e. The summed E-state index contributed by atoms with van der Waals surface area (Å²) in [5.74, 6) is 0. The highest BCUT2D eigenvalue weighted by Crippen LogP contribution is 2.46. The second-order valence-corrected chi connectivity index (χ2v) is 17.4. The molecule has 58 heavy (non-hydrogen) atoms. The largest absolute Gasteiger partial charge is 0.310 e. The van der Waals surface area contributed by atoms with Crippen molar-refractivity contribution in [3.05, 3.63) is 194 Å². The van der Waals surface area contributed by atoms with Gasteiger partial charge in [-0.3, -0.25) is 0 Å². The molecule has 0 unspecified atom stereocenters. The Morgan fingerprint density at radius 1 is 0.310 bits per heavy atom. The summed E-state index contributed by atoms with van der Waals surface area (Å²) in [6.07, 6.45) is 0. The summed E-state index contributed by atoms with van der Waals surface area (Å²) in [4.78, 5) is 2.42. The summed E-state index contributed by atoms with van der Waals surface area (Å²) in [6, 6.07) is 71.8. The zero-order chi connectivity index (χ0) is 37.9. The van der Waals surface area contributed by atoms with Gasteiger partial charge in [-0.15, -0.1) is 22.7 Å². The molecular weight excluding hydrogens is 741 g/mol. The lowest BCUT2D eigenvalue weighted by Crippen LogP contribution is -2.09. The van der Waals surface area contributed by atoms with Crippen molar-refractivity contribution in [1.82, 2.24) is 4.40 Å². The zero-order valence-electron chi connectivity index (χ0n) is 31.2. The van der Waals surface area contributed by atoms with Crippen LogP contribution in [0.15, 0.2) is 194 Å². The van der Waals surface area contributed by atoms with Gasteiger partial charge in [-0.2, -0.15) is 0 Å². The molecule has 4 aromatic heterocycles. The molecule has 0 aliphatic carbocycles. The van der Waals surface area contributed by atoms with Crippen LogP contribution >= 0.6 is 22.7 Å². The number of hydrogen-bond acceptors (Lipinski definition) is 3. The summed E-state index contributed by atoms with van der Waals surface area (Å²) in [7, 11) is 0. The van der Waals surface area contributed by atoms with Gasteiger partial charge in [0.15, 0.2) is 0 Å². The fourth-order valence-corrected chi connectivity index (χ4v) is 11.8. The van der Waals surface area contributed by atoms with Gasteiger partial charge in [0.2, 0.25) is 0 Å². The highest BCUT2D eigenvalue weighted by Gasteiger charge is 2.21. The Morgan fingerprint density at radius 3 is 1.72 bits per heavy atom. The van der Waals surface area contributed by atoms with Crippen LogP contribution in [0.25, 0.3) is 101 Å². The van der Waals surface area contributed by atoms with E-state index in [1.54, 1.807) is 0 Å². The molecule has 0 atom stereocenters. The third-order valence-corrected chi connectivity index (χ3v) is 14.4. The minimum absolute atomic E-state index is 1.13. The first-order valence-electron chi connectivity index (χ1n) is 19.7. The van der Waals surface area contributed by atoms with Crippen molar-refractivity contribution in [3.8, 4) is 22.3 Å². The Balaban J connectivity index is 0.971. The molecule has 0 aliphatic heterocycles. The first kappa shape index (κ1) is 32.1. The molecule has 4 heterocycles. The van der Waals surface area contributed by atoms with Gasteiger partial charge in [-0.25, -0.2) is 0 Å². The lowest BCUT2D eigenvalue weighted by molar-refractivity contribution is 1.30. The minimum Gasteiger partial charge on any atom is -0.310 e. The maximum atomic E-state index is 2.50. The average Bonchev–Trinajstić information content (AvgIpc) is 4.03. The minimum atomic E-state index is 1.13. The summed E-state index contributed by atoms with van der Waals surface area (Å²) in [5, 5.41) is 10.4. The number of anilines is 3. The van der Waals surface area contributed by atoms with Crippen LogP contribution in [-0.4, -0.2) is 4.40 Å². The van der Waals surface area contributed by atoms with E-state index >= 15 is 0 Å². The molecule has 0 radical (unpaired) electrons. The number of hydrogen-bond donors (Lipinski definition) is 0. The molecule has 4 heteroatoms. The van der Waals surface area contributed by atoms with Crippen LogP contribution in [0.1, 0.15) is 0 Å². The molecule has 0 fully saturated rings. The third-order valence-electron chi connectivity index (χ3n) is 12.1. The van der Waals surface area contributed by atoms with Gasteiger partial charge >= 0.3 is 0 Å². The second kappa shape index (κ2) is 12.3. The second-order valence-electron chi connectivity index (χ2n) is 15.3. The van der Waals surface area contributed by atoms with Gasteiger partial charge in [0.1, 0.15) is 0 Å². The molecule has 0 amide bonds. The van der Waals surface area contributed by atoms with Crippen molar-refractivity contribution in [2.24, 2.45) is 0 Å². The van der Waals surface area contributed by atoms with Crippen molar-refractivity contribution in [3.63, 3.8) is 0 Å². The quantitative estimate of drug-likeness (QED) is 0.169. The van der Waals surface area contributed by atoms with E-state index < -0.39 is 0 Å². The number of rotatable bonds is 5. The number of thiophene rings is 2. The van der Waals surface area contributed by atoms with E-state index in [9.17, 15) is 0 Å². The Morgan fingerprint density at radius 2 is 0.862 bits per heavy atom. The van der Waals surface area contributed by atoms with E-state index in [2.05, 4.69) is 203 Å². The Hall–Kier alpha value is -6.98. The summed E-state index contributed by atoms with van der Waals surface area (Å²) < 4.78 is 7.71. The van der Waals surface area contributed by atoms with Crippen LogP contribution in [0.4, 0.5) is 17.1 Å². The van der Waals surface area contributed by atoms with Gasteiger partial charge < -0.3 is 9.30 Å². The smallest absolute Gasteiger partial charge is 0.0620 e. The molecule has 0 bridgehead atoms. The first-order valence-corrected chi connectivity index (χ1v) is 21.4. The van der Waals surface area contributed by atoms with Gasteiger partial charge in [0, 0.05) is 84.5 Å². The Bertz CT molecular complexity index is 3740. The van der Waals surface area contributed by atoms with E-state index in [1.165, 1.54) is 101 Å². The monoisotopic (exact) mass is 772 g/mol. The van der Waals surface area contributed by atoms with Crippen molar-refractivity contribution < 1.29 is 0 Å². The number of para-hydroxylation sites is 3. The molecule has 270 valence electrons. The third kappa shape index (κ3) is 4.64. The molecule has 0 N–H and O–H groups in total. The lowest BCUT2D eigenvalue weighted by Gasteiger charge is -2.26. The predicted octanol–water partition coefficient (Wildman–Crippen LogP) is 16.4. The summed E-state index contributed by atoms with van der Waals surface area (Å²) in [6.45, 7) is 0. The van der Waals surface area contributed by atoms with E-state index in [4.69, 9.17) is 0 Å². The fraction of sp³-hybridized carbons (Fsp3) is 0. The number of aromatic nitrogens is 1. The van der Waals surface area contributed by atoms with Crippen LogP contribution < -0.4 is 4.90 Å². The molecule has 0 saturated heterocycles. The molecule has 0 saturated carbocycles. The van der Waals surface area contributed by atoms with Crippen LogP contribution in [0, 0.1) is 0 Å². The highest BCUT2D eigenvalue weighted by molar-refractivity contribution is 7.26. The van der Waals surface area contributed by atoms with Crippen molar-refractivity contribution in [2.75, 3.05) is 4.90 Å². The summed E-state index contributed by atoms with van der Waals surface area (Å²) >= 11 is 3.75. The van der Waals surface area contributed by atoms with Gasteiger partial charge in [-0.05, 0) is 77.4 Å². The van der Waals surface area contributed by atoms with Gasteiger partial charge in [0.05, 0.1) is 16.6 Å². The number of benzene rings is 9. The molecular formula is C54H32N2S2. The van der Waals surface area contributed by atoms with Crippen LogP contribution in [-0.2, 0) is 0 Å². The number of fused-ring (bicyclic) bond motifs is 12. The topological polar surface area (TPSA) is 7.65 Å². The van der Waals surface area contributed by atoms with Gasteiger partial charge in [0.25, 0.3) is 0 Å². The lowest BCUT2D eigenvalue weighted by atomic mass is 10.00. The summed E-state index contributed by atoms with van der Waals surface area (Å²) in [5.41, 5.74) is 12.2. The first-order chi connectivity index (χ1) is 28.7. The zero-order valence-corrected chi connectivity index (χ0v) is 32.8. The fourth-order valence-electron chi connectivity index (χ4n) is 9.51. The van der Waals surface area contributed by atoms with Crippen LogP contribution in [0.5, 0.6) is 0 Å². The molecule has 0 spiro atoms. The number of nitrogens with zero attached hydrogens (tertiary/aromatic N) is 2. The van der Waals surface area contributed by atoms with Crippen LogP contribution in [0.3, 0.4) is 0 Å². The SMILES string of the molecule is c1ccc(-c2ccc(N(c3ccc4c(c3)sc3cc(-c5cccc6c7cccc8c9ccccc9n(c56)c87)ccc34)c3ccc4sc5ccccc5c4c3)cc2)cc1. The van der Waals surface area contributed by atoms with E-state index in [-0.39, 0.29) is 0 Å². The average molecular weight is 773 g/mol. The van der Waals surface area contributed by atoms with Crippen LogP contribution in [0.2, 0.25) is 0 Å².